The summed E-state index contributed by atoms with van der Waals surface area (Å²) in [4.78, 5) is 109. The Kier molecular flexibility index (Phi) is 29.3. The molecule has 438 valence electrons. The summed E-state index contributed by atoms with van der Waals surface area (Å²) in [7, 11) is -1.52. The van der Waals surface area contributed by atoms with Gasteiger partial charge in [-0.1, -0.05) is 91.1 Å². The summed E-state index contributed by atoms with van der Waals surface area (Å²) in [6, 6.07) is 8.89. The predicted octanol–water partition coefficient (Wildman–Crippen LogP) is -0.119. The Morgan fingerprint density at radius 3 is 2.16 bits per heavy atom. The molecule has 0 bridgehead atoms. The van der Waals surface area contributed by atoms with Crippen molar-refractivity contribution < 1.29 is 85.9 Å². The molecule has 0 spiro atoms. The number of unbranched alkanes of at least 4 members (excludes halogenated alkanes) is 3. The van der Waals surface area contributed by atoms with Gasteiger partial charge in [0.2, 0.25) is 47.0 Å². The summed E-state index contributed by atoms with van der Waals surface area (Å²) in [5.41, 5.74) is 1.59. The summed E-state index contributed by atoms with van der Waals surface area (Å²) < 4.78 is 33.5. The van der Waals surface area contributed by atoms with E-state index in [2.05, 4.69) is 31.2 Å². The van der Waals surface area contributed by atoms with E-state index < -0.39 is 87.6 Å². The smallest absolute Gasteiger partial charge is 0.748 e. The fourth-order valence-electron chi connectivity index (χ4n) is 9.73. The van der Waals surface area contributed by atoms with Crippen molar-refractivity contribution in [1.29, 1.82) is 0 Å². The van der Waals surface area contributed by atoms with Crippen molar-refractivity contribution in [2.24, 2.45) is 23.7 Å². The molecule has 3 aromatic rings. The molecule has 0 saturated carbocycles. The van der Waals surface area contributed by atoms with Crippen LogP contribution in [-0.2, 0) is 63.1 Å². The zero-order valence-electron chi connectivity index (χ0n) is 48.2. The van der Waals surface area contributed by atoms with Crippen LogP contribution in [0.25, 0.3) is 0 Å². The van der Waals surface area contributed by atoms with Gasteiger partial charge in [-0.05, 0) is 67.9 Å². The van der Waals surface area contributed by atoms with E-state index in [1.165, 1.54) is 47.5 Å². The molecule has 1 unspecified atom stereocenters. The number of aliphatic hydroxyl groups is 1. The molecular formula is C56H85N10NaO12S. The number of hydrogen-bond donors (Lipinski definition) is 6. The van der Waals surface area contributed by atoms with E-state index in [-0.39, 0.29) is 104 Å². The van der Waals surface area contributed by atoms with Crippen molar-refractivity contribution in [3.63, 3.8) is 0 Å². The van der Waals surface area contributed by atoms with Crippen molar-refractivity contribution in [3.05, 3.63) is 89.4 Å². The Labute approximate surface area is 494 Å². The number of carbonyl (C=O) groups excluding carboxylic acids is 7. The number of hydrogen-bond acceptors (Lipinski definition) is 13. The van der Waals surface area contributed by atoms with Gasteiger partial charge in [0.1, 0.15) is 30.7 Å². The van der Waals surface area contributed by atoms with Crippen molar-refractivity contribution >= 4 is 51.5 Å². The number of nitrogens with one attached hydrogen (secondary N) is 5. The molecule has 1 aromatic carbocycles. The molecule has 4 rings (SSSR count). The van der Waals surface area contributed by atoms with Crippen LogP contribution >= 0.6 is 0 Å². The number of nitrogens with zero attached hydrogens (tertiary/aromatic N) is 5. The number of aromatic nitrogens is 3. The number of carbonyl (C=O) groups is 7. The average molecular weight is 1150 g/mol. The minimum atomic E-state index is -4.44. The topological polar surface area (TPSA) is 310 Å². The van der Waals surface area contributed by atoms with Gasteiger partial charge in [0, 0.05) is 82.8 Å². The normalized spacial score (nSPS) is 16.1. The van der Waals surface area contributed by atoms with Gasteiger partial charge in [-0.3, -0.25) is 33.6 Å². The first-order chi connectivity index (χ1) is 37.4. The molecular weight excluding hydrogens is 1060 g/mol. The first-order valence-corrected chi connectivity index (χ1v) is 29.3. The van der Waals surface area contributed by atoms with Crippen LogP contribution in [0.15, 0.2) is 67.3 Å². The van der Waals surface area contributed by atoms with Gasteiger partial charge in [-0.25, -0.2) is 13.4 Å². The number of pyridine rings is 1. The second-order valence-electron chi connectivity index (χ2n) is 21.7. The van der Waals surface area contributed by atoms with Gasteiger partial charge in [-0.2, -0.15) is 4.73 Å². The van der Waals surface area contributed by atoms with E-state index in [4.69, 9.17) is 0 Å². The van der Waals surface area contributed by atoms with E-state index >= 15 is 0 Å². The third-order valence-electron chi connectivity index (χ3n) is 14.8. The number of likely N-dealkylation sites (tertiary alicyclic amines) is 1. The Bertz CT molecular complexity index is 2560. The molecule has 1 fully saturated rings. The molecule has 1 aliphatic heterocycles. The number of amides is 7. The van der Waals surface area contributed by atoms with Crippen LogP contribution in [-0.4, -0.2) is 153 Å². The van der Waals surface area contributed by atoms with Crippen molar-refractivity contribution in [3.8, 4) is 0 Å². The fourth-order valence-corrected chi connectivity index (χ4v) is 10.2. The Morgan fingerprint density at radius 2 is 1.55 bits per heavy atom. The molecule has 22 nitrogen and oxygen atoms in total. The Hall–Kier alpha value is -5.46. The number of aliphatic hydroxyl groups excluding tert-OH is 1. The molecule has 3 heterocycles. The quantitative estimate of drug-likeness (QED) is 0.0153. The number of H-pyrrole nitrogens is 1. The van der Waals surface area contributed by atoms with Crippen molar-refractivity contribution in [2.45, 2.75) is 168 Å². The summed E-state index contributed by atoms with van der Waals surface area (Å²) in [6.45, 7) is 11.4. The molecule has 1 saturated heterocycles. The Balaban J connectivity index is 0.0000168. The predicted molar refractivity (Wildman–Crippen MR) is 295 cm³/mol. The van der Waals surface area contributed by atoms with E-state index in [0.717, 1.165) is 5.56 Å². The summed E-state index contributed by atoms with van der Waals surface area (Å²) in [6.07, 6.45) is 7.43. The van der Waals surface area contributed by atoms with Gasteiger partial charge in [0.05, 0.1) is 34.3 Å². The van der Waals surface area contributed by atoms with Gasteiger partial charge in [0.25, 0.3) is 0 Å². The third kappa shape index (κ3) is 22.5. The molecule has 6 N–H and O–H groups in total. The monoisotopic (exact) mass is 1140 g/mol. The van der Waals surface area contributed by atoms with E-state index in [1.54, 1.807) is 18.2 Å². The van der Waals surface area contributed by atoms with Gasteiger partial charge >= 0.3 is 29.6 Å². The second-order valence-corrected chi connectivity index (χ2v) is 23.3. The SMILES string of the molecule is CC[C@H](C)[C@H](NC(=O)[C@@H](CC(O)[C@H](CC(C)C)NC(=O)[C@H](Cc1cnc[nH]1)N(C)C(=O)[C@H](Cc1ccccc1)NC(=O)[C@@H]1CCCN1C(=O)CCCCCCC(=O)N(C)CCS(=O)(=O)[O-])C(C)C)C(=O)NCc1cccc[n+]1[O-].[Na+]. The third-order valence-corrected chi connectivity index (χ3v) is 15.5. The molecule has 1 aliphatic rings. The van der Waals surface area contributed by atoms with Crippen LogP contribution in [0.4, 0.5) is 0 Å². The molecule has 7 amide bonds. The van der Waals surface area contributed by atoms with Gasteiger partial charge in [-0.15, -0.1) is 0 Å². The van der Waals surface area contributed by atoms with Crippen molar-refractivity contribution in [1.82, 2.24) is 45.9 Å². The van der Waals surface area contributed by atoms with Crippen molar-refractivity contribution in [2.75, 3.05) is 32.9 Å². The molecule has 24 heteroatoms. The number of rotatable bonds is 33. The fraction of sp³-hybridized carbons (Fsp3) is 0.625. The standard InChI is InChI=1S/C56H86N10O12S.Na/c1-9-39(6)51(55(73)58-35-42-22-17-18-27-66(42)75)62-52(70)43(38(4)5)33-48(67)44(30-37(2)3)60-54(72)47(32-41-34-57-36-59-41)64(8)56(74)45(31-40-20-13-12-14-21-40)61-53(71)46-23-19-26-65(46)50(69)25-16-11-10-15-24-49(68)63(7)28-29-79(76,77)78;/h12-14,17-18,20-22,27,34,36-39,43-48,51,67H,9-11,15-16,19,23-26,28-33,35H2,1-8H3,(H,57,59)(H,58,73)(H,60,72)(H,61,71)(H,62,70)(H,76,77,78);/q;+1/p-1/t39-,43-,44-,45-,46-,47-,48?,51-;/m0./s1. The maximum Gasteiger partial charge on any atom is 1.00 e. The average Bonchev–Trinajstić information content (AvgIpc) is 4.14. The largest absolute Gasteiger partial charge is 1.00 e. The van der Waals surface area contributed by atoms with Crippen LogP contribution in [0.1, 0.15) is 129 Å². The first kappa shape index (κ1) is 68.8. The second kappa shape index (κ2) is 34.1. The molecule has 0 radical (unpaired) electrons. The number of aromatic amines is 1. The Morgan fingerprint density at radius 1 is 0.875 bits per heavy atom. The summed E-state index contributed by atoms with van der Waals surface area (Å²) >= 11 is 0. The number of likely N-dealkylation sites (N-methyl/N-ethyl adjacent to an activating group) is 1. The van der Waals surface area contributed by atoms with Crippen LogP contribution < -0.4 is 55.6 Å². The number of benzene rings is 1. The van der Waals surface area contributed by atoms with Crippen LogP contribution in [0.2, 0.25) is 0 Å². The van der Waals surface area contributed by atoms with Gasteiger partial charge in [0.15, 0.2) is 6.20 Å². The maximum atomic E-state index is 14.9. The van der Waals surface area contributed by atoms with Crippen LogP contribution in [0.5, 0.6) is 0 Å². The molecule has 0 aliphatic carbocycles. The maximum absolute atomic E-state index is 14.9. The minimum Gasteiger partial charge on any atom is -0.748 e. The van der Waals surface area contributed by atoms with Crippen LogP contribution in [0, 0.1) is 28.9 Å². The van der Waals surface area contributed by atoms with Crippen LogP contribution in [0.3, 0.4) is 0 Å². The van der Waals surface area contributed by atoms with E-state index in [9.17, 15) is 56.8 Å². The van der Waals surface area contributed by atoms with E-state index in [0.29, 0.717) is 74.0 Å². The molecule has 8 atom stereocenters. The number of imidazole rings is 1. The van der Waals surface area contributed by atoms with E-state index in [1.807, 2.05) is 71.9 Å². The molecule has 2 aromatic heterocycles. The van der Waals surface area contributed by atoms with Gasteiger partial charge < -0.3 is 55.8 Å². The zero-order chi connectivity index (χ0) is 58.4. The zero-order valence-corrected chi connectivity index (χ0v) is 51.0. The summed E-state index contributed by atoms with van der Waals surface area (Å²) in [5, 5.41) is 36.0. The first-order valence-electron chi connectivity index (χ1n) is 27.7. The summed E-state index contributed by atoms with van der Waals surface area (Å²) in [5.74, 6) is -5.19. The molecule has 80 heavy (non-hydrogen) atoms. The minimum absolute atomic E-state index is 0.